The number of hydrogen-bond donors (Lipinski definition) is 2. The molecule has 4 nitrogen and oxygen atoms in total. The first-order chi connectivity index (χ1) is 8.16. The molecule has 2 heterocycles. The Balaban J connectivity index is 1.90. The Morgan fingerprint density at radius 3 is 2.82 bits per heavy atom. The molecule has 0 bridgehead atoms. The van der Waals surface area contributed by atoms with Crippen LogP contribution in [0, 0.1) is 6.92 Å². The van der Waals surface area contributed by atoms with Gasteiger partial charge in [-0.2, -0.15) is 0 Å². The number of aryl methyl sites for hydroxylation is 1. The Morgan fingerprint density at radius 2 is 2.12 bits per heavy atom. The van der Waals surface area contributed by atoms with Crippen molar-refractivity contribution in [3.63, 3.8) is 0 Å². The molecular weight excluding hydrogens is 212 g/mol. The van der Waals surface area contributed by atoms with E-state index in [9.17, 15) is 0 Å². The number of likely N-dealkylation sites (tertiary alicyclic amines) is 1. The van der Waals surface area contributed by atoms with Crippen LogP contribution in [0.15, 0.2) is 12.1 Å². The Morgan fingerprint density at radius 1 is 1.41 bits per heavy atom. The zero-order chi connectivity index (χ0) is 12.3. The SMILES string of the molecule is Cc1ccc(N)c(NCC(C)N2CCCC2)n1. The zero-order valence-electron chi connectivity index (χ0n) is 10.7. The minimum absolute atomic E-state index is 0.541. The first-order valence-corrected chi connectivity index (χ1v) is 6.38. The highest BCUT2D eigenvalue weighted by Gasteiger charge is 2.17. The molecule has 0 amide bonds. The minimum atomic E-state index is 0.541. The number of nitrogen functional groups attached to an aromatic ring is 1. The van der Waals surface area contributed by atoms with E-state index in [1.165, 1.54) is 25.9 Å². The highest BCUT2D eigenvalue weighted by Crippen LogP contribution is 2.17. The van der Waals surface area contributed by atoms with E-state index in [2.05, 4.69) is 22.1 Å². The van der Waals surface area contributed by atoms with Gasteiger partial charge in [0, 0.05) is 18.3 Å². The fourth-order valence-corrected chi connectivity index (χ4v) is 2.26. The summed E-state index contributed by atoms with van der Waals surface area (Å²) < 4.78 is 0. The molecule has 17 heavy (non-hydrogen) atoms. The van der Waals surface area contributed by atoms with Crippen molar-refractivity contribution in [2.24, 2.45) is 0 Å². The van der Waals surface area contributed by atoms with E-state index in [1.807, 2.05) is 19.1 Å². The van der Waals surface area contributed by atoms with Crippen LogP contribution in [0.1, 0.15) is 25.5 Å². The van der Waals surface area contributed by atoms with E-state index in [0.717, 1.165) is 23.7 Å². The third kappa shape index (κ3) is 3.09. The summed E-state index contributed by atoms with van der Waals surface area (Å²) in [5.74, 6) is 0.816. The zero-order valence-corrected chi connectivity index (χ0v) is 10.7. The fraction of sp³-hybridized carbons (Fsp3) is 0.615. The third-order valence-electron chi connectivity index (χ3n) is 3.39. The summed E-state index contributed by atoms with van der Waals surface area (Å²) in [7, 11) is 0. The molecule has 1 unspecified atom stereocenters. The van der Waals surface area contributed by atoms with Crippen molar-refractivity contribution >= 4 is 11.5 Å². The molecule has 1 aliphatic rings. The van der Waals surface area contributed by atoms with Gasteiger partial charge in [-0.25, -0.2) is 4.98 Å². The second kappa shape index (κ2) is 5.36. The molecule has 0 spiro atoms. The Labute approximate surface area is 103 Å². The van der Waals surface area contributed by atoms with Gasteiger partial charge in [0.2, 0.25) is 0 Å². The van der Waals surface area contributed by atoms with Gasteiger partial charge < -0.3 is 11.1 Å². The van der Waals surface area contributed by atoms with Crippen LogP contribution in [0.2, 0.25) is 0 Å². The number of rotatable bonds is 4. The number of aromatic nitrogens is 1. The number of pyridine rings is 1. The van der Waals surface area contributed by atoms with E-state index >= 15 is 0 Å². The molecule has 0 saturated carbocycles. The Hall–Kier alpha value is -1.29. The van der Waals surface area contributed by atoms with Gasteiger partial charge in [-0.05, 0) is 51.9 Å². The summed E-state index contributed by atoms with van der Waals surface area (Å²) in [6.45, 7) is 7.58. The first-order valence-electron chi connectivity index (χ1n) is 6.38. The summed E-state index contributed by atoms with van der Waals surface area (Å²) in [6.07, 6.45) is 2.66. The van der Waals surface area contributed by atoms with E-state index < -0.39 is 0 Å². The van der Waals surface area contributed by atoms with Gasteiger partial charge in [0.25, 0.3) is 0 Å². The summed E-state index contributed by atoms with van der Waals surface area (Å²) in [6, 6.07) is 4.38. The molecule has 0 aliphatic carbocycles. The summed E-state index contributed by atoms with van der Waals surface area (Å²) in [5, 5.41) is 3.35. The van der Waals surface area contributed by atoms with Gasteiger partial charge in [0.1, 0.15) is 5.82 Å². The predicted molar refractivity (Wildman–Crippen MR) is 72.1 cm³/mol. The minimum Gasteiger partial charge on any atom is -0.396 e. The number of anilines is 2. The summed E-state index contributed by atoms with van der Waals surface area (Å²) in [5.41, 5.74) is 7.61. The van der Waals surface area contributed by atoms with Crippen molar-refractivity contribution < 1.29 is 0 Å². The second-order valence-corrected chi connectivity index (χ2v) is 4.86. The van der Waals surface area contributed by atoms with Crippen LogP contribution in [0.25, 0.3) is 0 Å². The number of nitrogens with two attached hydrogens (primary N) is 1. The van der Waals surface area contributed by atoms with E-state index in [0.29, 0.717) is 6.04 Å². The Kier molecular flexibility index (Phi) is 3.84. The van der Waals surface area contributed by atoms with Crippen LogP contribution >= 0.6 is 0 Å². The maximum absolute atomic E-state index is 5.89. The van der Waals surface area contributed by atoms with Crippen LogP contribution in [-0.4, -0.2) is 35.6 Å². The van der Waals surface area contributed by atoms with E-state index in [4.69, 9.17) is 5.73 Å². The lowest BCUT2D eigenvalue weighted by molar-refractivity contribution is 0.269. The van der Waals surface area contributed by atoms with Crippen LogP contribution in [-0.2, 0) is 0 Å². The average molecular weight is 234 g/mol. The van der Waals surface area contributed by atoms with Crippen molar-refractivity contribution in [2.75, 3.05) is 30.7 Å². The standard InChI is InChI=1S/C13H22N4/c1-10-5-6-12(14)13(16-10)15-9-11(2)17-7-3-4-8-17/h5-6,11H,3-4,7-9,14H2,1-2H3,(H,15,16). The van der Waals surface area contributed by atoms with Crippen LogP contribution in [0.5, 0.6) is 0 Å². The van der Waals surface area contributed by atoms with E-state index in [-0.39, 0.29) is 0 Å². The maximum atomic E-state index is 5.89. The molecule has 2 rings (SSSR count). The maximum Gasteiger partial charge on any atom is 0.149 e. The monoisotopic (exact) mass is 234 g/mol. The van der Waals surface area contributed by atoms with Gasteiger partial charge in [0.15, 0.2) is 0 Å². The van der Waals surface area contributed by atoms with Crippen molar-refractivity contribution in [1.29, 1.82) is 0 Å². The molecule has 1 fully saturated rings. The van der Waals surface area contributed by atoms with Crippen LogP contribution < -0.4 is 11.1 Å². The number of nitrogens with one attached hydrogen (secondary N) is 1. The van der Waals surface area contributed by atoms with Crippen LogP contribution in [0.3, 0.4) is 0 Å². The van der Waals surface area contributed by atoms with Crippen molar-refractivity contribution in [2.45, 2.75) is 32.7 Å². The molecule has 1 saturated heterocycles. The fourth-order valence-electron chi connectivity index (χ4n) is 2.26. The van der Waals surface area contributed by atoms with Crippen molar-refractivity contribution in [1.82, 2.24) is 9.88 Å². The normalized spacial score (nSPS) is 18.2. The third-order valence-corrected chi connectivity index (χ3v) is 3.39. The van der Waals surface area contributed by atoms with Gasteiger partial charge in [-0.1, -0.05) is 0 Å². The highest BCUT2D eigenvalue weighted by atomic mass is 15.2. The second-order valence-electron chi connectivity index (χ2n) is 4.86. The lowest BCUT2D eigenvalue weighted by Crippen LogP contribution is -2.35. The molecule has 1 atom stereocenters. The molecule has 0 radical (unpaired) electrons. The van der Waals surface area contributed by atoms with Gasteiger partial charge >= 0.3 is 0 Å². The first kappa shape index (κ1) is 12.2. The molecule has 0 aromatic carbocycles. The summed E-state index contributed by atoms with van der Waals surface area (Å²) in [4.78, 5) is 6.93. The topological polar surface area (TPSA) is 54.2 Å². The van der Waals surface area contributed by atoms with Crippen molar-refractivity contribution in [3.8, 4) is 0 Å². The van der Waals surface area contributed by atoms with Crippen LogP contribution in [0.4, 0.5) is 11.5 Å². The number of nitrogens with zero attached hydrogens (tertiary/aromatic N) is 2. The molecule has 1 aromatic heterocycles. The number of hydrogen-bond acceptors (Lipinski definition) is 4. The Bertz CT molecular complexity index is 372. The van der Waals surface area contributed by atoms with Gasteiger partial charge in [0.05, 0.1) is 5.69 Å². The average Bonchev–Trinajstić information content (AvgIpc) is 2.83. The quantitative estimate of drug-likeness (QED) is 0.835. The molecule has 3 N–H and O–H groups in total. The predicted octanol–water partition coefficient (Wildman–Crippen LogP) is 1.87. The van der Waals surface area contributed by atoms with Crippen molar-refractivity contribution in [3.05, 3.63) is 17.8 Å². The highest BCUT2D eigenvalue weighted by molar-refractivity contribution is 5.61. The lowest BCUT2D eigenvalue weighted by Gasteiger charge is -2.24. The molecule has 1 aromatic rings. The molecule has 4 heteroatoms. The summed E-state index contributed by atoms with van der Waals surface area (Å²) >= 11 is 0. The lowest BCUT2D eigenvalue weighted by atomic mass is 10.3. The molecule has 94 valence electrons. The molecule has 1 aliphatic heterocycles. The van der Waals surface area contributed by atoms with Gasteiger partial charge in [-0.15, -0.1) is 0 Å². The largest absolute Gasteiger partial charge is 0.396 e. The van der Waals surface area contributed by atoms with E-state index in [1.54, 1.807) is 0 Å². The van der Waals surface area contributed by atoms with Gasteiger partial charge in [-0.3, -0.25) is 4.90 Å². The molecular formula is C13H22N4. The smallest absolute Gasteiger partial charge is 0.149 e.